The van der Waals surface area contributed by atoms with Crippen LogP contribution in [0.25, 0.3) is 0 Å². The number of nitrogens with one attached hydrogen (secondary N) is 1. The summed E-state index contributed by atoms with van der Waals surface area (Å²) in [4.78, 5) is 7.75. The van der Waals surface area contributed by atoms with Crippen LogP contribution in [0.5, 0.6) is 0 Å². The van der Waals surface area contributed by atoms with Gasteiger partial charge in [0.05, 0.1) is 0 Å². The Morgan fingerprint density at radius 3 is 2.61 bits per heavy atom. The predicted molar refractivity (Wildman–Crippen MR) is 66.1 cm³/mol. The van der Waals surface area contributed by atoms with Crippen LogP contribution in [0.1, 0.15) is 5.69 Å². The van der Waals surface area contributed by atoms with E-state index in [1.165, 1.54) is 24.7 Å². The van der Waals surface area contributed by atoms with Gasteiger partial charge in [-0.05, 0) is 12.1 Å². The van der Waals surface area contributed by atoms with E-state index in [2.05, 4.69) is 14.7 Å². The maximum atomic E-state index is 12.0. The Morgan fingerprint density at radius 1 is 1.39 bits per heavy atom. The summed E-state index contributed by atoms with van der Waals surface area (Å²) >= 11 is 0. The summed E-state index contributed by atoms with van der Waals surface area (Å²) in [6.07, 6.45) is 4.41. The summed E-state index contributed by atoms with van der Waals surface area (Å²) in [7, 11) is -1.94. The lowest BCUT2D eigenvalue weighted by Gasteiger charge is -2.03. The molecule has 0 unspecified atom stereocenters. The molecule has 0 spiro atoms. The first-order chi connectivity index (χ1) is 8.53. The molecule has 0 fully saturated rings. The van der Waals surface area contributed by atoms with Crippen molar-refractivity contribution in [1.29, 1.82) is 0 Å². The van der Waals surface area contributed by atoms with E-state index in [0.717, 1.165) is 5.69 Å². The van der Waals surface area contributed by atoms with Crippen molar-refractivity contribution in [2.45, 2.75) is 11.4 Å². The van der Waals surface area contributed by atoms with Gasteiger partial charge in [-0.3, -0.25) is 0 Å². The second-order valence-corrected chi connectivity index (χ2v) is 5.34. The van der Waals surface area contributed by atoms with E-state index in [-0.39, 0.29) is 17.4 Å². The largest absolute Gasteiger partial charge is 0.352 e. The van der Waals surface area contributed by atoms with Gasteiger partial charge in [-0.15, -0.1) is 0 Å². The summed E-state index contributed by atoms with van der Waals surface area (Å²) in [5.41, 5.74) is 6.23. The minimum absolute atomic E-state index is 0.0376. The fourth-order valence-corrected chi connectivity index (χ4v) is 2.51. The minimum atomic E-state index is -3.68. The van der Waals surface area contributed by atoms with E-state index in [9.17, 15) is 8.42 Å². The van der Waals surface area contributed by atoms with Crippen LogP contribution in [-0.4, -0.2) is 23.0 Å². The van der Waals surface area contributed by atoms with Crippen molar-refractivity contribution >= 4 is 16.0 Å². The van der Waals surface area contributed by atoms with E-state index in [1.54, 1.807) is 17.7 Å². The monoisotopic (exact) mass is 267 g/mol. The third-order valence-electron chi connectivity index (χ3n) is 2.39. The van der Waals surface area contributed by atoms with Crippen LogP contribution in [-0.2, 0) is 23.6 Å². The molecule has 2 aromatic rings. The molecule has 0 bridgehead atoms. The molecule has 0 saturated carbocycles. The van der Waals surface area contributed by atoms with Crippen molar-refractivity contribution in [1.82, 2.24) is 14.5 Å². The van der Waals surface area contributed by atoms with Crippen molar-refractivity contribution < 1.29 is 8.42 Å². The van der Waals surface area contributed by atoms with Crippen molar-refractivity contribution in [2.75, 3.05) is 4.72 Å². The standard InChI is InChI=1S/C10H13N5O2S/c1-15-7-9(5-8(15)6-11)18(16,17)14-10-12-3-2-4-13-10/h2-5,7H,6,11H2,1H3,(H,12,13,14). The fraction of sp³-hybridized carbons (Fsp3) is 0.200. The van der Waals surface area contributed by atoms with Crippen LogP contribution in [0.15, 0.2) is 35.6 Å². The zero-order chi connectivity index (χ0) is 13.2. The van der Waals surface area contributed by atoms with Crippen LogP contribution in [0.4, 0.5) is 5.95 Å². The molecule has 0 atom stereocenters. The summed E-state index contributed by atoms with van der Waals surface area (Å²) < 4.78 is 28.0. The predicted octanol–water partition coefficient (Wildman–Crippen LogP) is 0.0746. The molecule has 96 valence electrons. The van der Waals surface area contributed by atoms with Gasteiger partial charge in [0.1, 0.15) is 4.90 Å². The summed E-state index contributed by atoms with van der Waals surface area (Å²) in [6, 6.07) is 3.12. The molecule has 8 heteroatoms. The molecule has 18 heavy (non-hydrogen) atoms. The highest BCUT2D eigenvalue weighted by Gasteiger charge is 2.18. The van der Waals surface area contributed by atoms with E-state index in [0.29, 0.717) is 0 Å². The van der Waals surface area contributed by atoms with E-state index < -0.39 is 10.0 Å². The first-order valence-corrected chi connectivity index (χ1v) is 6.66. The molecule has 2 heterocycles. The van der Waals surface area contributed by atoms with Gasteiger partial charge in [0.25, 0.3) is 10.0 Å². The van der Waals surface area contributed by atoms with E-state index in [1.807, 2.05) is 0 Å². The second kappa shape index (κ2) is 4.75. The van der Waals surface area contributed by atoms with Gasteiger partial charge in [0, 0.05) is 37.9 Å². The first kappa shape index (κ1) is 12.5. The third kappa shape index (κ3) is 2.49. The molecule has 0 aliphatic carbocycles. The van der Waals surface area contributed by atoms with Gasteiger partial charge in [-0.1, -0.05) is 0 Å². The summed E-state index contributed by atoms with van der Waals surface area (Å²) in [5, 5.41) is 0. The first-order valence-electron chi connectivity index (χ1n) is 5.18. The highest BCUT2D eigenvalue weighted by atomic mass is 32.2. The Hall–Kier alpha value is -1.93. The Balaban J connectivity index is 2.31. The number of hydrogen-bond donors (Lipinski definition) is 2. The zero-order valence-corrected chi connectivity index (χ0v) is 10.6. The second-order valence-electron chi connectivity index (χ2n) is 3.66. The van der Waals surface area contributed by atoms with Crippen LogP contribution in [0, 0.1) is 0 Å². The lowest BCUT2D eigenvalue weighted by molar-refractivity contribution is 0.600. The number of aromatic nitrogens is 3. The third-order valence-corrected chi connectivity index (χ3v) is 3.69. The minimum Gasteiger partial charge on any atom is -0.352 e. The quantitative estimate of drug-likeness (QED) is 0.816. The van der Waals surface area contributed by atoms with Crippen LogP contribution < -0.4 is 10.5 Å². The molecule has 0 aliphatic rings. The Morgan fingerprint density at radius 2 is 2.06 bits per heavy atom. The van der Waals surface area contributed by atoms with E-state index in [4.69, 9.17) is 5.73 Å². The number of rotatable bonds is 4. The number of nitrogens with zero attached hydrogens (tertiary/aromatic N) is 3. The lowest BCUT2D eigenvalue weighted by Crippen LogP contribution is -2.14. The van der Waals surface area contributed by atoms with Crippen molar-refractivity contribution in [3.05, 3.63) is 36.4 Å². The molecule has 0 amide bonds. The Labute approximate surface area is 105 Å². The highest BCUT2D eigenvalue weighted by molar-refractivity contribution is 7.92. The Bertz CT molecular complexity index is 636. The van der Waals surface area contributed by atoms with Gasteiger partial charge < -0.3 is 10.3 Å². The molecule has 0 aliphatic heterocycles. The summed E-state index contributed by atoms with van der Waals surface area (Å²) in [5.74, 6) is 0.0376. The molecular formula is C10H13N5O2S. The molecule has 3 N–H and O–H groups in total. The van der Waals surface area contributed by atoms with Crippen LogP contribution >= 0.6 is 0 Å². The molecule has 7 nitrogen and oxygen atoms in total. The lowest BCUT2D eigenvalue weighted by atomic mass is 10.4. The average molecular weight is 267 g/mol. The molecule has 0 radical (unpaired) electrons. The fourth-order valence-electron chi connectivity index (χ4n) is 1.46. The van der Waals surface area contributed by atoms with Gasteiger partial charge in [-0.2, -0.15) is 0 Å². The van der Waals surface area contributed by atoms with Crippen molar-refractivity contribution in [3.8, 4) is 0 Å². The van der Waals surface area contributed by atoms with Gasteiger partial charge in [0.2, 0.25) is 5.95 Å². The molecular weight excluding hydrogens is 254 g/mol. The summed E-state index contributed by atoms with van der Waals surface area (Å²) in [6.45, 7) is 0.272. The van der Waals surface area contributed by atoms with Crippen LogP contribution in [0.3, 0.4) is 0 Å². The highest BCUT2D eigenvalue weighted by Crippen LogP contribution is 2.15. The zero-order valence-electron chi connectivity index (χ0n) is 9.74. The maximum absolute atomic E-state index is 12.0. The van der Waals surface area contributed by atoms with Crippen LogP contribution in [0.2, 0.25) is 0 Å². The molecule has 0 saturated heterocycles. The smallest absolute Gasteiger partial charge is 0.265 e. The number of sulfonamides is 1. The maximum Gasteiger partial charge on any atom is 0.265 e. The normalized spacial score (nSPS) is 11.4. The molecule has 2 rings (SSSR count). The van der Waals surface area contributed by atoms with Crippen molar-refractivity contribution in [2.24, 2.45) is 12.8 Å². The van der Waals surface area contributed by atoms with E-state index >= 15 is 0 Å². The number of aryl methyl sites for hydroxylation is 1. The Kier molecular flexibility index (Phi) is 3.30. The topological polar surface area (TPSA) is 103 Å². The number of nitrogens with two attached hydrogens (primary N) is 1. The van der Waals surface area contributed by atoms with Gasteiger partial charge in [0.15, 0.2) is 0 Å². The molecule has 2 aromatic heterocycles. The SMILES string of the molecule is Cn1cc(S(=O)(=O)Nc2ncccn2)cc1CN. The van der Waals surface area contributed by atoms with Gasteiger partial charge >= 0.3 is 0 Å². The number of anilines is 1. The van der Waals surface area contributed by atoms with Crippen molar-refractivity contribution in [3.63, 3.8) is 0 Å². The average Bonchev–Trinajstić information content (AvgIpc) is 2.72. The number of hydrogen-bond acceptors (Lipinski definition) is 5. The molecule has 0 aromatic carbocycles. The van der Waals surface area contributed by atoms with Gasteiger partial charge in [-0.25, -0.2) is 23.1 Å².